The minimum atomic E-state index is 0.225. The lowest BCUT2D eigenvalue weighted by Gasteiger charge is -2.20. The molecule has 90 valence electrons. The van der Waals surface area contributed by atoms with Crippen LogP contribution in [0.4, 0.5) is 0 Å². The molecule has 2 N–H and O–H groups in total. The molecule has 0 amide bonds. The van der Waals surface area contributed by atoms with Gasteiger partial charge in [0, 0.05) is 27.6 Å². The molecule has 0 bridgehead atoms. The van der Waals surface area contributed by atoms with Crippen LogP contribution < -0.4 is 5.32 Å². The second-order valence-corrected chi connectivity index (χ2v) is 5.74. The van der Waals surface area contributed by atoms with Crippen molar-refractivity contribution in [1.29, 1.82) is 0 Å². The largest absolute Gasteiger partial charge is 0.396 e. The maximum Gasteiger partial charge on any atom is 0.0445 e. The minimum Gasteiger partial charge on any atom is -0.396 e. The Morgan fingerprint density at radius 2 is 2.00 bits per heavy atom. The number of rotatable bonds is 5. The van der Waals surface area contributed by atoms with Crippen LogP contribution in [0.15, 0.2) is 27.1 Å². The average molecular weight is 351 g/mol. The summed E-state index contributed by atoms with van der Waals surface area (Å²) in [7, 11) is 0. The lowest BCUT2D eigenvalue weighted by Crippen LogP contribution is -2.29. The Hall–Kier alpha value is 0.1000. The SMILES string of the molecule is CC(N[C@H](C)CCO)c1ccc(Br)cc1Br. The van der Waals surface area contributed by atoms with Gasteiger partial charge in [-0.1, -0.05) is 37.9 Å². The molecule has 0 aromatic heterocycles. The highest BCUT2D eigenvalue weighted by Crippen LogP contribution is 2.27. The number of aliphatic hydroxyl groups excluding tert-OH is 1. The minimum absolute atomic E-state index is 0.225. The first-order chi connectivity index (χ1) is 7.54. The maximum absolute atomic E-state index is 8.86. The Bertz CT molecular complexity index is 344. The van der Waals surface area contributed by atoms with Crippen molar-refractivity contribution in [2.75, 3.05) is 6.61 Å². The summed E-state index contributed by atoms with van der Waals surface area (Å²) in [5.41, 5.74) is 1.23. The summed E-state index contributed by atoms with van der Waals surface area (Å²) in [6.07, 6.45) is 0.776. The van der Waals surface area contributed by atoms with Gasteiger partial charge < -0.3 is 10.4 Å². The summed E-state index contributed by atoms with van der Waals surface area (Å²) < 4.78 is 2.16. The molecule has 0 fully saturated rings. The van der Waals surface area contributed by atoms with E-state index < -0.39 is 0 Å². The molecular formula is C12H17Br2NO. The van der Waals surface area contributed by atoms with Crippen LogP contribution in [0.1, 0.15) is 31.9 Å². The first-order valence-electron chi connectivity index (χ1n) is 5.36. The molecule has 0 aliphatic heterocycles. The van der Waals surface area contributed by atoms with Gasteiger partial charge in [-0.15, -0.1) is 0 Å². The smallest absolute Gasteiger partial charge is 0.0445 e. The van der Waals surface area contributed by atoms with Gasteiger partial charge in [0.2, 0.25) is 0 Å². The zero-order chi connectivity index (χ0) is 12.1. The molecule has 4 heteroatoms. The van der Waals surface area contributed by atoms with Gasteiger partial charge in [-0.25, -0.2) is 0 Å². The van der Waals surface area contributed by atoms with E-state index in [1.807, 2.05) is 12.1 Å². The molecule has 1 unspecified atom stereocenters. The Kier molecular flexibility index (Phi) is 5.97. The van der Waals surface area contributed by atoms with E-state index in [2.05, 4.69) is 57.1 Å². The summed E-state index contributed by atoms with van der Waals surface area (Å²) >= 11 is 6.99. The fourth-order valence-electron chi connectivity index (χ4n) is 1.65. The van der Waals surface area contributed by atoms with Crippen molar-refractivity contribution in [2.45, 2.75) is 32.4 Å². The van der Waals surface area contributed by atoms with Crippen molar-refractivity contribution in [3.63, 3.8) is 0 Å². The molecular weight excluding hydrogens is 334 g/mol. The van der Waals surface area contributed by atoms with Gasteiger partial charge in [-0.05, 0) is 38.0 Å². The van der Waals surface area contributed by atoms with Gasteiger partial charge in [0.25, 0.3) is 0 Å². The number of hydrogen-bond donors (Lipinski definition) is 2. The van der Waals surface area contributed by atoms with E-state index in [1.54, 1.807) is 0 Å². The molecule has 0 heterocycles. The van der Waals surface area contributed by atoms with E-state index in [1.165, 1.54) is 5.56 Å². The highest BCUT2D eigenvalue weighted by Gasteiger charge is 2.11. The third kappa shape index (κ3) is 4.17. The molecule has 1 aromatic rings. The van der Waals surface area contributed by atoms with E-state index in [0.29, 0.717) is 6.04 Å². The average Bonchev–Trinajstić information content (AvgIpc) is 2.17. The van der Waals surface area contributed by atoms with Crippen LogP contribution in [-0.4, -0.2) is 17.8 Å². The highest BCUT2D eigenvalue weighted by atomic mass is 79.9. The molecule has 1 aromatic carbocycles. The summed E-state index contributed by atoms with van der Waals surface area (Å²) in [6, 6.07) is 6.76. The Morgan fingerprint density at radius 1 is 1.31 bits per heavy atom. The van der Waals surface area contributed by atoms with Crippen LogP contribution in [0.5, 0.6) is 0 Å². The molecule has 0 saturated carbocycles. The van der Waals surface area contributed by atoms with Crippen LogP contribution in [0.3, 0.4) is 0 Å². The normalized spacial score (nSPS) is 14.8. The lowest BCUT2D eigenvalue weighted by molar-refractivity contribution is 0.264. The number of benzene rings is 1. The van der Waals surface area contributed by atoms with Gasteiger partial charge in [0.05, 0.1) is 0 Å². The monoisotopic (exact) mass is 349 g/mol. The van der Waals surface area contributed by atoms with Crippen molar-refractivity contribution in [3.05, 3.63) is 32.7 Å². The van der Waals surface area contributed by atoms with E-state index in [9.17, 15) is 0 Å². The van der Waals surface area contributed by atoms with Gasteiger partial charge in [-0.2, -0.15) is 0 Å². The predicted octanol–water partition coefficient (Wildman–Crippen LogP) is 3.63. The fraction of sp³-hybridized carbons (Fsp3) is 0.500. The quantitative estimate of drug-likeness (QED) is 0.849. The zero-order valence-electron chi connectivity index (χ0n) is 9.50. The predicted molar refractivity (Wildman–Crippen MR) is 74.6 cm³/mol. The van der Waals surface area contributed by atoms with E-state index in [-0.39, 0.29) is 12.6 Å². The van der Waals surface area contributed by atoms with Gasteiger partial charge >= 0.3 is 0 Å². The van der Waals surface area contributed by atoms with E-state index in [4.69, 9.17) is 5.11 Å². The molecule has 0 saturated heterocycles. The van der Waals surface area contributed by atoms with Crippen molar-refractivity contribution in [3.8, 4) is 0 Å². The molecule has 0 aliphatic rings. The van der Waals surface area contributed by atoms with E-state index >= 15 is 0 Å². The molecule has 0 radical (unpaired) electrons. The van der Waals surface area contributed by atoms with Crippen LogP contribution in [0, 0.1) is 0 Å². The summed E-state index contributed by atoms with van der Waals surface area (Å²) in [6.45, 7) is 4.43. The lowest BCUT2D eigenvalue weighted by atomic mass is 10.1. The van der Waals surface area contributed by atoms with Crippen LogP contribution in [-0.2, 0) is 0 Å². The maximum atomic E-state index is 8.86. The number of hydrogen-bond acceptors (Lipinski definition) is 2. The van der Waals surface area contributed by atoms with Crippen molar-refractivity contribution in [2.24, 2.45) is 0 Å². The molecule has 1 rings (SSSR count). The highest BCUT2D eigenvalue weighted by molar-refractivity contribution is 9.11. The zero-order valence-corrected chi connectivity index (χ0v) is 12.7. The third-order valence-corrected chi connectivity index (χ3v) is 3.71. The van der Waals surface area contributed by atoms with Crippen LogP contribution >= 0.6 is 31.9 Å². The second kappa shape index (κ2) is 6.74. The number of halogens is 2. The molecule has 16 heavy (non-hydrogen) atoms. The van der Waals surface area contributed by atoms with Crippen molar-refractivity contribution < 1.29 is 5.11 Å². The van der Waals surface area contributed by atoms with Crippen molar-refractivity contribution in [1.82, 2.24) is 5.32 Å². The first kappa shape index (κ1) is 14.2. The van der Waals surface area contributed by atoms with Crippen molar-refractivity contribution >= 4 is 31.9 Å². The number of aliphatic hydroxyl groups is 1. The Balaban J connectivity index is 2.69. The molecule has 2 nitrogen and oxygen atoms in total. The standard InChI is InChI=1S/C12H17Br2NO/c1-8(5-6-16)15-9(2)11-4-3-10(13)7-12(11)14/h3-4,7-9,15-16H,5-6H2,1-2H3/t8-,9?/m1/s1. The molecule has 0 spiro atoms. The topological polar surface area (TPSA) is 32.3 Å². The summed E-state index contributed by atoms with van der Waals surface area (Å²) in [5, 5.41) is 12.3. The van der Waals surface area contributed by atoms with Gasteiger partial charge in [0.1, 0.15) is 0 Å². The third-order valence-electron chi connectivity index (χ3n) is 2.53. The van der Waals surface area contributed by atoms with Crippen LogP contribution in [0.25, 0.3) is 0 Å². The molecule has 0 aliphatic carbocycles. The molecule has 2 atom stereocenters. The van der Waals surface area contributed by atoms with E-state index in [0.717, 1.165) is 15.4 Å². The van der Waals surface area contributed by atoms with Crippen LogP contribution in [0.2, 0.25) is 0 Å². The summed E-state index contributed by atoms with van der Waals surface area (Å²) in [4.78, 5) is 0. The first-order valence-corrected chi connectivity index (χ1v) is 6.95. The second-order valence-electron chi connectivity index (χ2n) is 3.97. The van der Waals surface area contributed by atoms with Gasteiger partial charge in [0.15, 0.2) is 0 Å². The fourth-order valence-corrected chi connectivity index (χ4v) is 3.04. The Labute approximate surface area is 114 Å². The number of nitrogens with one attached hydrogen (secondary N) is 1. The van der Waals surface area contributed by atoms with Gasteiger partial charge in [-0.3, -0.25) is 0 Å². The summed E-state index contributed by atoms with van der Waals surface area (Å²) in [5.74, 6) is 0. The Morgan fingerprint density at radius 3 is 2.56 bits per heavy atom.